The Kier molecular flexibility index (Phi) is 4.66. The Morgan fingerprint density at radius 2 is 1.25 bits per heavy atom. The van der Waals surface area contributed by atoms with Crippen LogP contribution >= 0.6 is 0 Å². The Morgan fingerprint density at radius 3 is 1.62 bits per heavy atom. The van der Waals surface area contributed by atoms with Gasteiger partial charge in [0, 0.05) is 23.3 Å². The summed E-state index contributed by atoms with van der Waals surface area (Å²) in [6.45, 7) is 4.89. The first-order chi connectivity index (χ1) is 11.6. The van der Waals surface area contributed by atoms with E-state index in [2.05, 4.69) is 0 Å². The molecule has 2 N–H and O–H groups in total. The van der Waals surface area contributed by atoms with Crippen LogP contribution in [0, 0.1) is 0 Å². The van der Waals surface area contributed by atoms with Gasteiger partial charge in [-0.25, -0.2) is 4.21 Å². The lowest BCUT2D eigenvalue weighted by Crippen LogP contribution is -1.97. The zero-order valence-electron chi connectivity index (χ0n) is 13.7. The quantitative estimate of drug-likeness (QED) is 0.708. The molecule has 0 fully saturated rings. The number of phenolic OH excluding ortho intramolecular Hbond substituents is 2. The van der Waals surface area contributed by atoms with Gasteiger partial charge < -0.3 is 19.7 Å². The first-order valence-electron chi connectivity index (χ1n) is 7.98. The number of phenols is 2. The smallest absolute Gasteiger partial charge is 0.162 e. The Labute approximate surface area is 143 Å². The molecule has 2 aromatic rings. The van der Waals surface area contributed by atoms with Gasteiger partial charge in [0.15, 0.2) is 23.0 Å². The van der Waals surface area contributed by atoms with Crippen molar-refractivity contribution in [2.45, 2.75) is 36.5 Å². The number of fused-ring (bicyclic) bond motifs is 3. The second-order valence-corrected chi connectivity index (χ2v) is 7.01. The van der Waals surface area contributed by atoms with Crippen molar-refractivity contribution in [2.24, 2.45) is 0 Å². The van der Waals surface area contributed by atoms with Crippen LogP contribution in [0.1, 0.15) is 26.7 Å². The van der Waals surface area contributed by atoms with Crippen molar-refractivity contribution in [2.75, 3.05) is 13.2 Å². The summed E-state index contributed by atoms with van der Waals surface area (Å²) in [6, 6.07) is 6.30. The first-order valence-corrected chi connectivity index (χ1v) is 9.13. The van der Waals surface area contributed by atoms with E-state index in [0.717, 1.165) is 12.8 Å². The second kappa shape index (κ2) is 6.73. The summed E-state index contributed by atoms with van der Waals surface area (Å²) < 4.78 is 23.8. The van der Waals surface area contributed by atoms with E-state index in [-0.39, 0.29) is 11.5 Å². The highest BCUT2D eigenvalue weighted by Crippen LogP contribution is 2.48. The maximum atomic E-state index is 12.8. The molecule has 0 atom stereocenters. The summed E-state index contributed by atoms with van der Waals surface area (Å²) in [5.41, 5.74) is 1.28. The average Bonchev–Trinajstić information content (AvgIpc) is 2.82. The number of rotatable bonds is 6. The zero-order valence-corrected chi connectivity index (χ0v) is 14.5. The number of hydrogen-bond donors (Lipinski definition) is 2. The molecule has 0 unspecified atom stereocenters. The fourth-order valence-electron chi connectivity index (χ4n) is 2.60. The van der Waals surface area contributed by atoms with Crippen molar-refractivity contribution < 1.29 is 23.9 Å². The molecule has 0 radical (unpaired) electrons. The zero-order chi connectivity index (χ0) is 17.3. The van der Waals surface area contributed by atoms with Gasteiger partial charge in [0.2, 0.25) is 0 Å². The molecule has 2 aromatic carbocycles. The summed E-state index contributed by atoms with van der Waals surface area (Å²) in [6.07, 6.45) is 1.62. The lowest BCUT2D eigenvalue weighted by molar-refractivity contribution is 0.298. The summed E-state index contributed by atoms with van der Waals surface area (Å²) in [5, 5.41) is 20.3. The van der Waals surface area contributed by atoms with E-state index in [1.54, 1.807) is 12.1 Å². The molecule has 0 aliphatic carbocycles. The van der Waals surface area contributed by atoms with E-state index >= 15 is 0 Å². The van der Waals surface area contributed by atoms with Crippen molar-refractivity contribution in [3.05, 3.63) is 24.3 Å². The summed E-state index contributed by atoms with van der Waals surface area (Å²) >= 11 is 0. The van der Waals surface area contributed by atoms with E-state index in [1.165, 1.54) is 12.1 Å². The fourth-order valence-corrected chi connectivity index (χ4v) is 4.00. The minimum absolute atomic E-state index is 0.00199. The van der Waals surface area contributed by atoms with Gasteiger partial charge in [-0.05, 0) is 25.0 Å². The molecule has 128 valence electrons. The van der Waals surface area contributed by atoms with Gasteiger partial charge in [0.1, 0.15) is 0 Å². The predicted molar refractivity (Wildman–Crippen MR) is 91.5 cm³/mol. The Bertz CT molecular complexity index is 735. The third-order valence-electron chi connectivity index (χ3n) is 3.74. The minimum atomic E-state index is -1.40. The van der Waals surface area contributed by atoms with Crippen LogP contribution in [0.25, 0.3) is 11.1 Å². The molecule has 1 heterocycles. The lowest BCUT2D eigenvalue weighted by atomic mass is 10.0. The largest absolute Gasteiger partial charge is 0.504 e. The molecule has 6 heteroatoms. The van der Waals surface area contributed by atoms with Gasteiger partial charge in [-0.2, -0.15) is 0 Å². The monoisotopic (exact) mass is 348 g/mol. The normalized spacial score (nSPS) is 12.8. The van der Waals surface area contributed by atoms with Crippen molar-refractivity contribution in [3.8, 4) is 34.1 Å². The van der Waals surface area contributed by atoms with Crippen LogP contribution in [-0.4, -0.2) is 27.6 Å². The Morgan fingerprint density at radius 1 is 0.833 bits per heavy atom. The van der Waals surface area contributed by atoms with Crippen LogP contribution in [0.3, 0.4) is 0 Å². The minimum Gasteiger partial charge on any atom is -0.504 e. The molecule has 1 aliphatic rings. The van der Waals surface area contributed by atoms with Gasteiger partial charge in [-0.15, -0.1) is 0 Å². The Hall–Kier alpha value is -2.21. The van der Waals surface area contributed by atoms with Crippen molar-refractivity contribution in [1.82, 2.24) is 0 Å². The highest BCUT2D eigenvalue weighted by atomic mass is 32.2. The molecular weight excluding hydrogens is 328 g/mol. The maximum absolute atomic E-state index is 12.8. The van der Waals surface area contributed by atoms with Crippen LogP contribution in [0.5, 0.6) is 23.0 Å². The molecular formula is C18H20O5S. The maximum Gasteiger partial charge on any atom is 0.162 e. The van der Waals surface area contributed by atoms with Crippen molar-refractivity contribution in [1.29, 1.82) is 0 Å². The molecule has 0 saturated heterocycles. The molecule has 0 amide bonds. The third-order valence-corrected chi connectivity index (χ3v) is 5.21. The van der Waals surface area contributed by atoms with Crippen LogP contribution in [0.15, 0.2) is 34.1 Å². The highest BCUT2D eigenvalue weighted by Gasteiger charge is 2.29. The SMILES string of the molecule is CCCOc1cc2c(cc1O)-c1cc(O)c(OCCC)cc1S2=O. The molecule has 5 nitrogen and oxygen atoms in total. The molecule has 0 bridgehead atoms. The molecule has 0 aromatic heterocycles. The van der Waals surface area contributed by atoms with Gasteiger partial charge in [-0.3, -0.25) is 0 Å². The lowest BCUT2D eigenvalue weighted by Gasteiger charge is -2.10. The van der Waals surface area contributed by atoms with Crippen LogP contribution in [0.4, 0.5) is 0 Å². The van der Waals surface area contributed by atoms with Gasteiger partial charge in [0.25, 0.3) is 0 Å². The van der Waals surface area contributed by atoms with Crippen LogP contribution in [0.2, 0.25) is 0 Å². The average molecular weight is 348 g/mol. The number of benzene rings is 2. The standard InChI is InChI=1S/C18H20O5S/c1-3-5-22-15-9-17-11(7-13(15)19)12-8-14(20)16(23-6-4-2)10-18(12)24(17)21/h7-10,19-20H,3-6H2,1-2H3. The Balaban J connectivity index is 2.04. The highest BCUT2D eigenvalue weighted by molar-refractivity contribution is 7.85. The molecule has 0 spiro atoms. The number of aromatic hydroxyl groups is 2. The topological polar surface area (TPSA) is 76.0 Å². The van der Waals surface area contributed by atoms with Gasteiger partial charge in [-0.1, -0.05) is 13.8 Å². The van der Waals surface area contributed by atoms with Crippen LogP contribution in [-0.2, 0) is 10.8 Å². The summed E-state index contributed by atoms with van der Waals surface area (Å²) in [5.74, 6) is 0.641. The molecule has 3 rings (SSSR count). The number of hydrogen-bond acceptors (Lipinski definition) is 5. The molecule has 24 heavy (non-hydrogen) atoms. The van der Waals surface area contributed by atoms with Crippen LogP contribution < -0.4 is 9.47 Å². The summed E-state index contributed by atoms with van der Waals surface area (Å²) in [7, 11) is -1.40. The molecule has 1 aliphatic heterocycles. The van der Waals surface area contributed by atoms with Crippen molar-refractivity contribution >= 4 is 10.8 Å². The van der Waals surface area contributed by atoms with E-state index in [0.29, 0.717) is 45.6 Å². The van der Waals surface area contributed by atoms with E-state index in [1.807, 2.05) is 13.8 Å². The van der Waals surface area contributed by atoms with Crippen molar-refractivity contribution in [3.63, 3.8) is 0 Å². The fraction of sp³-hybridized carbons (Fsp3) is 0.333. The van der Waals surface area contributed by atoms with E-state index in [9.17, 15) is 14.4 Å². The number of ether oxygens (including phenoxy) is 2. The summed E-state index contributed by atoms with van der Waals surface area (Å²) in [4.78, 5) is 1.14. The third kappa shape index (κ3) is 2.82. The van der Waals surface area contributed by atoms with Gasteiger partial charge >= 0.3 is 0 Å². The molecule has 0 saturated carbocycles. The van der Waals surface area contributed by atoms with Gasteiger partial charge in [0.05, 0.1) is 33.8 Å². The first kappa shape index (κ1) is 16.6. The van der Waals surface area contributed by atoms with E-state index in [4.69, 9.17) is 9.47 Å². The van der Waals surface area contributed by atoms with E-state index < -0.39 is 10.8 Å². The predicted octanol–water partition coefficient (Wildman–Crippen LogP) is 3.82. The second-order valence-electron chi connectivity index (χ2n) is 5.60.